The zero-order chi connectivity index (χ0) is 17.2. The number of hydrogen-bond acceptors (Lipinski definition) is 6. The normalized spacial score (nSPS) is 15.4. The molecule has 0 aliphatic carbocycles. The van der Waals surface area contributed by atoms with Crippen molar-refractivity contribution in [3.8, 4) is 17.3 Å². The van der Waals surface area contributed by atoms with Crippen LogP contribution in [0.3, 0.4) is 0 Å². The van der Waals surface area contributed by atoms with Crippen LogP contribution in [0.1, 0.15) is 12.8 Å². The quantitative estimate of drug-likeness (QED) is 0.788. The molecule has 4 rings (SSSR count). The average Bonchev–Trinajstić information content (AvgIpc) is 2.99. The van der Waals surface area contributed by atoms with Crippen molar-refractivity contribution in [2.75, 3.05) is 25.6 Å². The van der Waals surface area contributed by atoms with E-state index in [2.05, 4.69) is 37.0 Å². The fourth-order valence-electron chi connectivity index (χ4n) is 3.20. The van der Waals surface area contributed by atoms with Gasteiger partial charge in [-0.2, -0.15) is 0 Å². The maximum absolute atomic E-state index is 5.41. The van der Waals surface area contributed by atoms with E-state index < -0.39 is 0 Å². The molecule has 1 N–H and O–H groups in total. The lowest BCUT2D eigenvalue weighted by Gasteiger charge is -2.23. The highest BCUT2D eigenvalue weighted by Crippen LogP contribution is 2.28. The van der Waals surface area contributed by atoms with Crippen LogP contribution in [-0.4, -0.2) is 45.9 Å². The van der Waals surface area contributed by atoms with Crippen molar-refractivity contribution >= 4 is 16.7 Å². The Kier molecular flexibility index (Phi) is 4.23. The molecule has 0 radical (unpaired) electrons. The smallest absolute Gasteiger partial charge is 0.216 e. The molecule has 0 spiro atoms. The van der Waals surface area contributed by atoms with Crippen LogP contribution in [-0.2, 0) is 11.8 Å². The molecule has 1 aliphatic rings. The van der Waals surface area contributed by atoms with Crippen molar-refractivity contribution < 1.29 is 9.47 Å². The van der Waals surface area contributed by atoms with Crippen LogP contribution in [0.5, 0.6) is 5.88 Å². The minimum absolute atomic E-state index is 0.421. The number of anilines is 1. The van der Waals surface area contributed by atoms with Gasteiger partial charge in [-0.05, 0) is 18.9 Å². The lowest BCUT2D eigenvalue weighted by atomic mass is 10.1. The number of hydrogen-bond donors (Lipinski definition) is 1. The predicted molar refractivity (Wildman–Crippen MR) is 95.8 cm³/mol. The highest BCUT2D eigenvalue weighted by atomic mass is 16.5. The Balaban J connectivity index is 1.67. The molecule has 130 valence electrons. The number of fused-ring (bicyclic) bond motifs is 1. The molecule has 7 nitrogen and oxygen atoms in total. The van der Waals surface area contributed by atoms with Crippen molar-refractivity contribution in [3.05, 3.63) is 30.7 Å². The largest absolute Gasteiger partial charge is 0.481 e. The van der Waals surface area contributed by atoms with Gasteiger partial charge in [0.2, 0.25) is 5.88 Å². The predicted octanol–water partition coefficient (Wildman–Crippen LogP) is 2.63. The van der Waals surface area contributed by atoms with E-state index in [9.17, 15) is 0 Å². The SMILES string of the molecule is COc1cc(-c2cc3cnc(NC4CCOCC4)cc3n2C)ncn1. The summed E-state index contributed by atoms with van der Waals surface area (Å²) >= 11 is 0. The second-order valence-corrected chi connectivity index (χ2v) is 6.19. The molecule has 0 unspecified atom stereocenters. The van der Waals surface area contributed by atoms with Gasteiger partial charge in [-0.3, -0.25) is 0 Å². The monoisotopic (exact) mass is 339 g/mol. The molecule has 25 heavy (non-hydrogen) atoms. The highest BCUT2D eigenvalue weighted by molar-refractivity contribution is 5.87. The Hall–Kier alpha value is -2.67. The summed E-state index contributed by atoms with van der Waals surface area (Å²) in [5.41, 5.74) is 2.93. The van der Waals surface area contributed by atoms with Gasteiger partial charge >= 0.3 is 0 Å². The second-order valence-electron chi connectivity index (χ2n) is 6.19. The zero-order valence-corrected chi connectivity index (χ0v) is 14.4. The van der Waals surface area contributed by atoms with Crippen LogP contribution < -0.4 is 10.1 Å². The first-order valence-corrected chi connectivity index (χ1v) is 8.41. The summed E-state index contributed by atoms with van der Waals surface area (Å²) in [5, 5.41) is 4.59. The molecule has 0 aromatic carbocycles. The summed E-state index contributed by atoms with van der Waals surface area (Å²) < 4.78 is 12.7. The van der Waals surface area contributed by atoms with Gasteiger partial charge in [0.15, 0.2) is 0 Å². The van der Waals surface area contributed by atoms with E-state index in [0.717, 1.165) is 54.2 Å². The summed E-state index contributed by atoms with van der Waals surface area (Å²) in [5.74, 6) is 1.45. The minimum atomic E-state index is 0.421. The Bertz CT molecular complexity index is 886. The number of nitrogens with zero attached hydrogens (tertiary/aromatic N) is 4. The molecular formula is C18H21N5O2. The second kappa shape index (κ2) is 6.68. The molecule has 1 aliphatic heterocycles. The fourth-order valence-corrected chi connectivity index (χ4v) is 3.20. The molecule has 3 aromatic heterocycles. The van der Waals surface area contributed by atoms with E-state index in [1.165, 1.54) is 6.33 Å². The van der Waals surface area contributed by atoms with Gasteiger partial charge in [0.25, 0.3) is 0 Å². The first-order valence-electron chi connectivity index (χ1n) is 8.41. The maximum Gasteiger partial charge on any atom is 0.216 e. The topological polar surface area (TPSA) is 74.1 Å². The first kappa shape index (κ1) is 15.8. The van der Waals surface area contributed by atoms with E-state index in [1.807, 2.05) is 19.3 Å². The van der Waals surface area contributed by atoms with E-state index in [0.29, 0.717) is 11.9 Å². The first-order chi connectivity index (χ1) is 12.2. The molecular weight excluding hydrogens is 318 g/mol. The lowest BCUT2D eigenvalue weighted by molar-refractivity contribution is 0.0904. The molecule has 0 amide bonds. The van der Waals surface area contributed by atoms with Crippen LogP contribution in [0.4, 0.5) is 5.82 Å². The molecule has 3 aromatic rings. The van der Waals surface area contributed by atoms with E-state index in [-0.39, 0.29) is 0 Å². The third-order valence-corrected chi connectivity index (χ3v) is 4.61. The summed E-state index contributed by atoms with van der Waals surface area (Å²) in [6, 6.07) is 6.43. The summed E-state index contributed by atoms with van der Waals surface area (Å²) in [6.45, 7) is 1.62. The number of nitrogens with one attached hydrogen (secondary N) is 1. The van der Waals surface area contributed by atoms with Crippen LogP contribution >= 0.6 is 0 Å². The molecule has 0 bridgehead atoms. The number of rotatable bonds is 4. The molecule has 0 saturated carbocycles. The molecule has 0 atom stereocenters. The molecule has 1 saturated heterocycles. The Morgan fingerprint density at radius 2 is 2.00 bits per heavy atom. The summed E-state index contributed by atoms with van der Waals surface area (Å²) in [7, 11) is 3.64. The van der Waals surface area contributed by atoms with Gasteiger partial charge in [-0.25, -0.2) is 15.0 Å². The Morgan fingerprint density at radius 3 is 2.80 bits per heavy atom. The highest BCUT2D eigenvalue weighted by Gasteiger charge is 2.15. The maximum atomic E-state index is 5.41. The van der Waals surface area contributed by atoms with Gasteiger partial charge in [0.05, 0.1) is 24.0 Å². The van der Waals surface area contributed by atoms with Gasteiger partial charge in [0, 0.05) is 50.0 Å². The lowest BCUT2D eigenvalue weighted by Crippen LogP contribution is -2.28. The summed E-state index contributed by atoms with van der Waals surface area (Å²) in [6.07, 6.45) is 5.44. The van der Waals surface area contributed by atoms with Crippen LogP contribution in [0, 0.1) is 0 Å². The standard InChI is InChI=1S/C18H21N5O2/c1-23-15-9-17(22-13-3-5-25-6-4-13)19-10-12(15)7-16(23)14-8-18(24-2)21-11-20-14/h7-11,13H,3-6H2,1-2H3,(H,19,22). The minimum Gasteiger partial charge on any atom is -0.481 e. The van der Waals surface area contributed by atoms with Crippen LogP contribution in [0.15, 0.2) is 30.7 Å². The van der Waals surface area contributed by atoms with Crippen molar-refractivity contribution in [1.29, 1.82) is 0 Å². The van der Waals surface area contributed by atoms with Crippen molar-refractivity contribution in [1.82, 2.24) is 19.5 Å². The van der Waals surface area contributed by atoms with Crippen molar-refractivity contribution in [3.63, 3.8) is 0 Å². The van der Waals surface area contributed by atoms with Crippen LogP contribution in [0.25, 0.3) is 22.3 Å². The van der Waals surface area contributed by atoms with Crippen molar-refractivity contribution in [2.45, 2.75) is 18.9 Å². The number of aryl methyl sites for hydroxylation is 1. The number of pyridine rings is 1. The third-order valence-electron chi connectivity index (χ3n) is 4.61. The zero-order valence-electron chi connectivity index (χ0n) is 14.4. The van der Waals surface area contributed by atoms with Gasteiger partial charge in [0.1, 0.15) is 12.1 Å². The molecule has 1 fully saturated rings. The fraction of sp³-hybridized carbons (Fsp3) is 0.389. The van der Waals surface area contributed by atoms with Gasteiger partial charge < -0.3 is 19.4 Å². The molecule has 4 heterocycles. The third kappa shape index (κ3) is 3.15. The number of aromatic nitrogens is 4. The number of methoxy groups -OCH3 is 1. The Morgan fingerprint density at radius 1 is 1.16 bits per heavy atom. The summed E-state index contributed by atoms with van der Waals surface area (Å²) in [4.78, 5) is 13.0. The van der Waals surface area contributed by atoms with E-state index in [1.54, 1.807) is 7.11 Å². The van der Waals surface area contributed by atoms with Gasteiger partial charge in [-0.1, -0.05) is 0 Å². The van der Waals surface area contributed by atoms with Gasteiger partial charge in [-0.15, -0.1) is 0 Å². The molecule has 7 heteroatoms. The Labute approximate surface area is 146 Å². The number of ether oxygens (including phenoxy) is 2. The van der Waals surface area contributed by atoms with E-state index >= 15 is 0 Å². The van der Waals surface area contributed by atoms with Crippen LogP contribution in [0.2, 0.25) is 0 Å². The average molecular weight is 339 g/mol. The van der Waals surface area contributed by atoms with E-state index in [4.69, 9.17) is 9.47 Å². The van der Waals surface area contributed by atoms with Crippen molar-refractivity contribution in [2.24, 2.45) is 7.05 Å².